The van der Waals surface area contributed by atoms with E-state index in [1.165, 1.54) is 0 Å². The Kier molecular flexibility index (Phi) is 2.22. The molecule has 0 amide bonds. The lowest BCUT2D eigenvalue weighted by atomic mass is 9.87. The molecular formula is C12H14N4. The van der Waals surface area contributed by atoms with E-state index in [1.807, 2.05) is 24.3 Å². The molecule has 82 valence electrons. The Labute approximate surface area is 93.9 Å². The van der Waals surface area contributed by atoms with Crippen LogP contribution < -0.4 is 11.1 Å². The van der Waals surface area contributed by atoms with Crippen molar-refractivity contribution in [2.45, 2.75) is 24.9 Å². The van der Waals surface area contributed by atoms with Crippen LogP contribution in [0, 0.1) is 0 Å². The minimum absolute atomic E-state index is 0.352. The summed E-state index contributed by atoms with van der Waals surface area (Å²) in [6.45, 7) is 0. The number of nitrogens with two attached hydrogens (primary N) is 1. The number of fused-ring (bicyclic) bond motifs is 1. The van der Waals surface area contributed by atoms with E-state index in [9.17, 15) is 0 Å². The molecule has 1 aromatic carbocycles. The van der Waals surface area contributed by atoms with Crippen molar-refractivity contribution in [2.75, 3.05) is 5.32 Å². The minimum atomic E-state index is 0.352. The molecule has 0 atom stereocenters. The van der Waals surface area contributed by atoms with E-state index in [-0.39, 0.29) is 0 Å². The molecule has 16 heavy (non-hydrogen) atoms. The first-order chi connectivity index (χ1) is 7.83. The molecule has 3 N–H and O–H groups in total. The van der Waals surface area contributed by atoms with Crippen LogP contribution in [0.25, 0.3) is 10.9 Å². The molecule has 0 radical (unpaired) electrons. The van der Waals surface area contributed by atoms with Crippen LogP contribution in [0.1, 0.15) is 12.8 Å². The Hall–Kier alpha value is -1.68. The summed E-state index contributed by atoms with van der Waals surface area (Å²) in [4.78, 5) is 8.52. The molecule has 0 aliphatic heterocycles. The smallest absolute Gasteiger partial charge is 0.137 e. The predicted octanol–water partition coefficient (Wildman–Crippen LogP) is 1.53. The number of nitrogens with zero attached hydrogens (tertiary/aromatic N) is 2. The SMILES string of the molecule is NC1CC(Nc2ncnc3ccccc23)C1. The molecule has 2 aromatic rings. The summed E-state index contributed by atoms with van der Waals surface area (Å²) in [5.41, 5.74) is 6.74. The van der Waals surface area contributed by atoms with Gasteiger partial charge in [-0.3, -0.25) is 0 Å². The highest BCUT2D eigenvalue weighted by atomic mass is 15.1. The lowest BCUT2D eigenvalue weighted by molar-refractivity contribution is 0.373. The Balaban J connectivity index is 1.91. The van der Waals surface area contributed by atoms with E-state index in [0.29, 0.717) is 12.1 Å². The van der Waals surface area contributed by atoms with Crippen molar-refractivity contribution in [3.63, 3.8) is 0 Å². The molecule has 1 heterocycles. The van der Waals surface area contributed by atoms with Crippen molar-refractivity contribution in [3.8, 4) is 0 Å². The fourth-order valence-corrected chi connectivity index (χ4v) is 2.09. The standard InChI is InChI=1S/C12H14N4/c13-8-5-9(6-8)16-12-10-3-1-2-4-11(10)14-7-15-12/h1-4,7-9H,5-6,13H2,(H,14,15,16). The Bertz CT molecular complexity index is 500. The van der Waals surface area contributed by atoms with E-state index in [1.54, 1.807) is 6.33 Å². The summed E-state index contributed by atoms with van der Waals surface area (Å²) in [6, 6.07) is 8.84. The summed E-state index contributed by atoms with van der Waals surface area (Å²) in [5.74, 6) is 0.919. The molecule has 1 fully saturated rings. The van der Waals surface area contributed by atoms with Gasteiger partial charge in [-0.05, 0) is 25.0 Å². The fourth-order valence-electron chi connectivity index (χ4n) is 2.09. The van der Waals surface area contributed by atoms with Gasteiger partial charge in [0, 0.05) is 17.5 Å². The normalized spacial score (nSPS) is 24.1. The van der Waals surface area contributed by atoms with Gasteiger partial charge < -0.3 is 11.1 Å². The number of hydrogen-bond donors (Lipinski definition) is 2. The Morgan fingerprint density at radius 1 is 1.19 bits per heavy atom. The average Bonchev–Trinajstić information content (AvgIpc) is 2.27. The van der Waals surface area contributed by atoms with Crippen LogP contribution in [0.3, 0.4) is 0 Å². The van der Waals surface area contributed by atoms with Gasteiger partial charge in [0.25, 0.3) is 0 Å². The molecule has 0 saturated heterocycles. The third-order valence-electron chi connectivity index (χ3n) is 3.06. The summed E-state index contributed by atoms with van der Waals surface area (Å²) in [5, 5.41) is 4.50. The van der Waals surface area contributed by atoms with Gasteiger partial charge in [-0.1, -0.05) is 12.1 Å². The van der Waals surface area contributed by atoms with Crippen LogP contribution in [0.2, 0.25) is 0 Å². The minimum Gasteiger partial charge on any atom is -0.367 e. The fraction of sp³-hybridized carbons (Fsp3) is 0.333. The molecule has 0 unspecified atom stereocenters. The zero-order chi connectivity index (χ0) is 11.0. The van der Waals surface area contributed by atoms with Crippen molar-refractivity contribution >= 4 is 16.7 Å². The number of para-hydroxylation sites is 1. The molecule has 1 aliphatic carbocycles. The van der Waals surface area contributed by atoms with Gasteiger partial charge in [-0.2, -0.15) is 0 Å². The maximum atomic E-state index is 5.76. The zero-order valence-corrected chi connectivity index (χ0v) is 8.93. The van der Waals surface area contributed by atoms with Crippen molar-refractivity contribution < 1.29 is 0 Å². The van der Waals surface area contributed by atoms with E-state index in [0.717, 1.165) is 29.6 Å². The monoisotopic (exact) mass is 214 g/mol. The maximum Gasteiger partial charge on any atom is 0.137 e. The molecule has 3 rings (SSSR count). The number of rotatable bonds is 2. The molecule has 0 bridgehead atoms. The molecule has 1 saturated carbocycles. The van der Waals surface area contributed by atoms with Crippen LogP contribution in [-0.2, 0) is 0 Å². The number of anilines is 1. The summed E-state index contributed by atoms with van der Waals surface area (Å²) >= 11 is 0. The topological polar surface area (TPSA) is 63.8 Å². The second-order valence-electron chi connectivity index (χ2n) is 4.31. The highest BCUT2D eigenvalue weighted by Crippen LogP contribution is 2.25. The number of aromatic nitrogens is 2. The lowest BCUT2D eigenvalue weighted by Crippen LogP contribution is -2.44. The number of hydrogen-bond acceptors (Lipinski definition) is 4. The third-order valence-corrected chi connectivity index (χ3v) is 3.06. The van der Waals surface area contributed by atoms with Crippen LogP contribution in [0.15, 0.2) is 30.6 Å². The summed E-state index contributed by atoms with van der Waals surface area (Å²) < 4.78 is 0. The van der Waals surface area contributed by atoms with E-state index in [4.69, 9.17) is 5.73 Å². The zero-order valence-electron chi connectivity index (χ0n) is 8.93. The predicted molar refractivity (Wildman–Crippen MR) is 64.2 cm³/mol. The Morgan fingerprint density at radius 2 is 2.00 bits per heavy atom. The van der Waals surface area contributed by atoms with Crippen molar-refractivity contribution in [1.29, 1.82) is 0 Å². The molecule has 1 aliphatic rings. The second kappa shape index (κ2) is 3.72. The number of nitrogens with one attached hydrogen (secondary N) is 1. The van der Waals surface area contributed by atoms with Crippen LogP contribution in [0.5, 0.6) is 0 Å². The van der Waals surface area contributed by atoms with Gasteiger partial charge in [0.1, 0.15) is 12.1 Å². The van der Waals surface area contributed by atoms with Crippen LogP contribution in [-0.4, -0.2) is 22.1 Å². The van der Waals surface area contributed by atoms with Crippen LogP contribution >= 0.6 is 0 Å². The largest absolute Gasteiger partial charge is 0.367 e. The van der Waals surface area contributed by atoms with E-state index >= 15 is 0 Å². The quantitative estimate of drug-likeness (QED) is 0.795. The van der Waals surface area contributed by atoms with Gasteiger partial charge >= 0.3 is 0 Å². The molecule has 4 nitrogen and oxygen atoms in total. The van der Waals surface area contributed by atoms with E-state index in [2.05, 4.69) is 15.3 Å². The molecule has 0 spiro atoms. The van der Waals surface area contributed by atoms with Gasteiger partial charge in [0.2, 0.25) is 0 Å². The van der Waals surface area contributed by atoms with Gasteiger partial charge in [0.15, 0.2) is 0 Å². The summed E-state index contributed by atoms with van der Waals surface area (Å²) in [7, 11) is 0. The molecule has 4 heteroatoms. The van der Waals surface area contributed by atoms with Crippen molar-refractivity contribution in [2.24, 2.45) is 5.73 Å². The van der Waals surface area contributed by atoms with Gasteiger partial charge in [-0.15, -0.1) is 0 Å². The van der Waals surface area contributed by atoms with Crippen LogP contribution in [0.4, 0.5) is 5.82 Å². The third kappa shape index (κ3) is 1.61. The van der Waals surface area contributed by atoms with Gasteiger partial charge in [-0.25, -0.2) is 9.97 Å². The first-order valence-electron chi connectivity index (χ1n) is 5.55. The molecule has 1 aromatic heterocycles. The van der Waals surface area contributed by atoms with Gasteiger partial charge in [0.05, 0.1) is 5.52 Å². The van der Waals surface area contributed by atoms with Crippen molar-refractivity contribution in [3.05, 3.63) is 30.6 Å². The summed E-state index contributed by atoms with van der Waals surface area (Å²) in [6.07, 6.45) is 3.65. The highest BCUT2D eigenvalue weighted by molar-refractivity contribution is 5.88. The maximum absolute atomic E-state index is 5.76. The molecular weight excluding hydrogens is 200 g/mol. The first kappa shape index (κ1) is 9.54. The second-order valence-corrected chi connectivity index (χ2v) is 4.31. The number of benzene rings is 1. The Morgan fingerprint density at radius 3 is 2.81 bits per heavy atom. The van der Waals surface area contributed by atoms with Crippen molar-refractivity contribution in [1.82, 2.24) is 9.97 Å². The van der Waals surface area contributed by atoms with E-state index < -0.39 is 0 Å². The first-order valence-corrected chi connectivity index (χ1v) is 5.55. The highest BCUT2D eigenvalue weighted by Gasteiger charge is 2.26. The average molecular weight is 214 g/mol. The lowest BCUT2D eigenvalue weighted by Gasteiger charge is -2.33.